The summed E-state index contributed by atoms with van der Waals surface area (Å²) in [6.07, 6.45) is 3.69. The highest BCUT2D eigenvalue weighted by atomic mass is 32.2. The number of hydrogen-bond donors (Lipinski definition) is 2. The fourth-order valence-electron chi connectivity index (χ4n) is 4.20. The Morgan fingerprint density at radius 1 is 0.853 bits per heavy atom. The van der Waals surface area contributed by atoms with Crippen molar-refractivity contribution in [1.29, 1.82) is 0 Å². The molecule has 2 unspecified atom stereocenters. The van der Waals surface area contributed by atoms with E-state index in [2.05, 4.69) is 25.5 Å². The number of carbonyl (C=O) groups excluding carboxylic acids is 2. The summed E-state index contributed by atoms with van der Waals surface area (Å²) < 4.78 is 4.57. The summed E-state index contributed by atoms with van der Waals surface area (Å²) in [6.45, 7) is 0. The molecule has 1 aliphatic carbocycles. The Bertz CT molecular complexity index is 1250. The van der Waals surface area contributed by atoms with E-state index in [1.54, 1.807) is 11.8 Å². The largest absolute Gasteiger partial charge is 0.421 e. The zero-order valence-electron chi connectivity index (χ0n) is 18.4. The van der Waals surface area contributed by atoms with Crippen molar-refractivity contribution in [3.05, 3.63) is 76.8 Å². The molecule has 2 N–H and O–H groups in total. The van der Waals surface area contributed by atoms with Crippen LogP contribution >= 0.6 is 23.1 Å². The summed E-state index contributed by atoms with van der Waals surface area (Å²) in [5, 5.41) is 17.5. The van der Waals surface area contributed by atoms with Crippen LogP contribution in [0.3, 0.4) is 0 Å². The van der Waals surface area contributed by atoms with E-state index in [1.165, 1.54) is 11.3 Å². The van der Waals surface area contributed by atoms with Crippen molar-refractivity contribution < 1.29 is 9.59 Å². The summed E-state index contributed by atoms with van der Waals surface area (Å²) >= 11 is 3.02. The number of anilines is 1. The van der Waals surface area contributed by atoms with Crippen molar-refractivity contribution in [3.63, 3.8) is 0 Å². The molecule has 7 nitrogen and oxygen atoms in total. The van der Waals surface area contributed by atoms with Gasteiger partial charge in [-0.3, -0.25) is 4.79 Å². The Balaban J connectivity index is 1.12. The minimum Gasteiger partial charge on any atom is -0.300 e. The van der Waals surface area contributed by atoms with Gasteiger partial charge in [-0.1, -0.05) is 72.0 Å². The number of aromatic nitrogens is 2. The van der Waals surface area contributed by atoms with Gasteiger partial charge in [-0.05, 0) is 30.4 Å². The molecule has 1 saturated carbocycles. The first-order chi connectivity index (χ1) is 16.6. The Morgan fingerprint density at radius 3 is 2.09 bits per heavy atom. The molecule has 2 aliphatic rings. The molecule has 1 fully saturated rings. The zero-order chi connectivity index (χ0) is 23.3. The minimum absolute atomic E-state index is 0.0449. The molecular weight excluding hydrogens is 466 g/mol. The Kier molecular flexibility index (Phi) is 6.85. The monoisotopic (exact) mass is 490 g/mol. The van der Waals surface area contributed by atoms with Gasteiger partial charge in [0.2, 0.25) is 11.0 Å². The van der Waals surface area contributed by atoms with Gasteiger partial charge in [0.05, 0.1) is 24.6 Å². The van der Waals surface area contributed by atoms with E-state index in [-0.39, 0.29) is 11.8 Å². The fourth-order valence-corrected chi connectivity index (χ4v) is 6.00. The molecule has 0 spiro atoms. The lowest BCUT2D eigenvalue weighted by molar-refractivity contribution is -0.119. The molecule has 2 amide bonds. The number of hydrogen-bond acceptors (Lipinski definition) is 6. The van der Waals surface area contributed by atoms with Gasteiger partial charge < -0.3 is 5.32 Å². The predicted octanol–water partition coefficient (Wildman–Crippen LogP) is 3.53. The molecular formula is C25H24N5O2S2+. The van der Waals surface area contributed by atoms with Gasteiger partial charge in [0, 0.05) is 11.8 Å². The first kappa shape index (κ1) is 22.5. The molecule has 0 radical (unpaired) electrons. The fraction of sp³-hybridized carbons (Fsp3) is 0.280. The number of carbonyl (C=O) groups is 2. The second-order valence-electron chi connectivity index (χ2n) is 8.43. The summed E-state index contributed by atoms with van der Waals surface area (Å²) in [5.74, 6) is 0.569. The normalized spacial score (nSPS) is 19.1. The van der Waals surface area contributed by atoms with Crippen LogP contribution in [0.5, 0.6) is 0 Å². The number of rotatable bonds is 7. The smallest absolute Gasteiger partial charge is 0.300 e. The third-order valence-corrected chi connectivity index (χ3v) is 7.91. The molecule has 3 aromatic rings. The maximum absolute atomic E-state index is 12.3. The first-order valence-corrected chi connectivity index (χ1v) is 12.9. The maximum atomic E-state index is 12.3. The highest BCUT2D eigenvalue weighted by molar-refractivity contribution is 8.28. The van der Waals surface area contributed by atoms with E-state index in [1.807, 2.05) is 60.7 Å². The summed E-state index contributed by atoms with van der Waals surface area (Å²) in [6, 6.07) is 19.3. The molecule has 1 aromatic heterocycles. The quantitative estimate of drug-likeness (QED) is 0.494. The third-order valence-electron chi connectivity index (χ3n) is 5.89. The van der Waals surface area contributed by atoms with Crippen LogP contribution < -0.4 is 15.3 Å². The molecule has 0 bridgehead atoms. The molecule has 5 rings (SSSR count). The molecule has 9 heteroatoms. The Hall–Kier alpha value is -3.26. The van der Waals surface area contributed by atoms with Crippen molar-refractivity contribution >= 4 is 50.3 Å². The van der Waals surface area contributed by atoms with E-state index in [9.17, 15) is 9.59 Å². The topological polar surface area (TPSA) is 98.1 Å². The number of amidine groups is 1. The second kappa shape index (κ2) is 10.3. The number of benzene rings is 2. The number of amides is 2. The first-order valence-electron chi connectivity index (χ1n) is 11.3. The zero-order valence-corrected chi connectivity index (χ0v) is 20.1. The van der Waals surface area contributed by atoms with E-state index >= 15 is 0 Å². The molecule has 0 saturated heterocycles. The van der Waals surface area contributed by atoms with Crippen LogP contribution in [0.2, 0.25) is 0 Å². The van der Waals surface area contributed by atoms with Gasteiger partial charge in [0.1, 0.15) is 5.01 Å². The van der Waals surface area contributed by atoms with Gasteiger partial charge in [0.15, 0.2) is 0 Å². The van der Waals surface area contributed by atoms with E-state index < -0.39 is 0 Å². The average molecular weight is 491 g/mol. The van der Waals surface area contributed by atoms with Crippen LogP contribution in [-0.2, 0) is 22.4 Å². The highest BCUT2D eigenvalue weighted by Gasteiger charge is 2.40. The summed E-state index contributed by atoms with van der Waals surface area (Å²) in [5.41, 5.74) is 1.95. The van der Waals surface area contributed by atoms with E-state index in [0.29, 0.717) is 35.0 Å². The Labute approximate surface area is 205 Å². The van der Waals surface area contributed by atoms with E-state index in [4.69, 9.17) is 0 Å². The van der Waals surface area contributed by atoms with Crippen LogP contribution in [-0.4, -0.2) is 32.2 Å². The molecule has 1 aliphatic heterocycles. The number of nitrogens with zero attached hydrogens (tertiary/aromatic N) is 3. The third kappa shape index (κ3) is 5.62. The van der Waals surface area contributed by atoms with Crippen molar-refractivity contribution in [2.75, 3.05) is 5.32 Å². The minimum atomic E-state index is -0.0872. The summed E-state index contributed by atoms with van der Waals surface area (Å²) in [7, 11) is 0. The predicted molar refractivity (Wildman–Crippen MR) is 137 cm³/mol. The van der Waals surface area contributed by atoms with Crippen LogP contribution in [0.4, 0.5) is 5.13 Å². The molecule has 2 atom stereocenters. The standard InChI is InChI=1S/C25H23N5O2S2/c31-20(13-16-7-3-1-4-8-16)26-24-28-22(33-24)18-11-12-19(15-18)23-29-30-25(34-23)27-21(32)14-17-9-5-2-6-10-17/h1-10,18-19H,11-15H2,(H,27,30,32)/p+1. The Morgan fingerprint density at radius 2 is 1.44 bits per heavy atom. The van der Waals surface area contributed by atoms with Crippen LogP contribution in [0.25, 0.3) is 0 Å². The second-order valence-corrected chi connectivity index (χ2v) is 10.4. The number of thioether (sulfide) groups is 1. The van der Waals surface area contributed by atoms with Crippen LogP contribution in [0.1, 0.15) is 41.3 Å². The van der Waals surface area contributed by atoms with E-state index in [0.717, 1.165) is 40.4 Å². The van der Waals surface area contributed by atoms with Gasteiger partial charge in [-0.2, -0.15) is 9.98 Å². The lowest BCUT2D eigenvalue weighted by Gasteiger charge is -2.10. The highest BCUT2D eigenvalue weighted by Crippen LogP contribution is 2.42. The van der Waals surface area contributed by atoms with Crippen molar-refractivity contribution in [2.24, 2.45) is 5.92 Å². The van der Waals surface area contributed by atoms with Crippen LogP contribution in [0, 0.1) is 5.92 Å². The van der Waals surface area contributed by atoms with Crippen molar-refractivity contribution in [2.45, 2.75) is 38.0 Å². The van der Waals surface area contributed by atoms with Crippen molar-refractivity contribution in [3.8, 4) is 0 Å². The average Bonchev–Trinajstić information content (AvgIpc) is 3.47. The molecule has 172 valence electrons. The van der Waals surface area contributed by atoms with Gasteiger partial charge >= 0.3 is 11.1 Å². The summed E-state index contributed by atoms with van der Waals surface area (Å²) in [4.78, 5) is 24.5. The maximum Gasteiger partial charge on any atom is 0.421 e. The van der Waals surface area contributed by atoms with Gasteiger partial charge in [0.25, 0.3) is 5.04 Å². The van der Waals surface area contributed by atoms with Gasteiger partial charge in [-0.25, -0.2) is 4.79 Å². The molecule has 2 aromatic carbocycles. The lowest BCUT2D eigenvalue weighted by Crippen LogP contribution is -2.38. The van der Waals surface area contributed by atoms with Crippen molar-refractivity contribution in [1.82, 2.24) is 20.2 Å². The van der Waals surface area contributed by atoms with Crippen LogP contribution in [0.15, 0.2) is 60.7 Å². The SMILES string of the molecule is O=C(Cc1ccccc1)NC1=[N+]=C(C2CCC(c3nnc(NC(=O)Cc4ccccc4)s3)C2)S1. The number of nitrogens with one attached hydrogen (secondary N) is 2. The molecule has 2 heterocycles. The van der Waals surface area contributed by atoms with Gasteiger partial charge in [-0.15, -0.1) is 10.2 Å². The lowest BCUT2D eigenvalue weighted by atomic mass is 10.1. The molecule has 34 heavy (non-hydrogen) atoms.